The normalized spacial score (nSPS) is 10.0. The van der Waals surface area contributed by atoms with Crippen molar-refractivity contribution in [3.63, 3.8) is 0 Å². The van der Waals surface area contributed by atoms with Crippen LogP contribution in [-0.2, 0) is 0 Å². The smallest absolute Gasteiger partial charge is 0.336 e. The van der Waals surface area contributed by atoms with E-state index < -0.39 is 5.97 Å². The molecule has 0 amide bonds. The molecule has 0 saturated heterocycles. The molecule has 1 N–H and O–H groups in total. The zero-order chi connectivity index (χ0) is 10.4. The second kappa shape index (κ2) is 5.06. The maximum absolute atomic E-state index is 10.5. The van der Waals surface area contributed by atoms with Crippen molar-refractivity contribution in [3.05, 3.63) is 38.4 Å². The van der Waals surface area contributed by atoms with Crippen LogP contribution in [0.5, 0.6) is 0 Å². The standard InChI is InChI=1S/C8H7N3O2S/c9-11-10-3-1-2-7-4-6(5-14-7)8(12)13/h1-2,4-5H,3H2,(H,12,13). The van der Waals surface area contributed by atoms with Gasteiger partial charge in [-0.1, -0.05) is 11.2 Å². The molecule has 0 aromatic carbocycles. The van der Waals surface area contributed by atoms with Gasteiger partial charge in [-0.25, -0.2) is 4.79 Å². The van der Waals surface area contributed by atoms with Gasteiger partial charge < -0.3 is 5.11 Å². The van der Waals surface area contributed by atoms with Gasteiger partial charge in [0, 0.05) is 21.7 Å². The summed E-state index contributed by atoms with van der Waals surface area (Å²) < 4.78 is 0. The summed E-state index contributed by atoms with van der Waals surface area (Å²) in [5, 5.41) is 13.5. The van der Waals surface area contributed by atoms with Gasteiger partial charge in [-0.05, 0) is 17.7 Å². The summed E-state index contributed by atoms with van der Waals surface area (Å²) >= 11 is 1.33. The first kappa shape index (κ1) is 10.3. The van der Waals surface area contributed by atoms with Gasteiger partial charge >= 0.3 is 5.97 Å². The molecule has 0 fully saturated rings. The summed E-state index contributed by atoms with van der Waals surface area (Å²) in [5.74, 6) is -0.934. The Balaban J connectivity index is 2.63. The van der Waals surface area contributed by atoms with Crippen LogP contribution in [0.4, 0.5) is 0 Å². The van der Waals surface area contributed by atoms with E-state index >= 15 is 0 Å². The summed E-state index contributed by atoms with van der Waals surface area (Å²) in [6, 6.07) is 1.57. The molecule has 1 aromatic rings. The van der Waals surface area contributed by atoms with Gasteiger partial charge in [-0.2, -0.15) is 0 Å². The highest BCUT2D eigenvalue weighted by Gasteiger charge is 2.03. The molecule has 72 valence electrons. The van der Waals surface area contributed by atoms with E-state index in [4.69, 9.17) is 10.6 Å². The fourth-order valence-electron chi connectivity index (χ4n) is 0.805. The molecule has 0 atom stereocenters. The molecule has 5 nitrogen and oxygen atoms in total. The first-order valence-corrected chi connectivity index (χ1v) is 4.61. The molecule has 14 heavy (non-hydrogen) atoms. The fraction of sp³-hybridized carbons (Fsp3) is 0.125. The highest BCUT2D eigenvalue weighted by atomic mass is 32.1. The number of carbonyl (C=O) groups is 1. The van der Waals surface area contributed by atoms with Crippen molar-refractivity contribution in [2.45, 2.75) is 0 Å². The van der Waals surface area contributed by atoms with Crippen LogP contribution in [-0.4, -0.2) is 17.6 Å². The number of aromatic carboxylic acids is 1. The lowest BCUT2D eigenvalue weighted by molar-refractivity contribution is 0.0697. The molecule has 0 radical (unpaired) electrons. The first-order chi connectivity index (χ1) is 6.74. The fourth-order valence-corrected chi connectivity index (χ4v) is 1.61. The van der Waals surface area contributed by atoms with Crippen LogP contribution in [0, 0.1) is 0 Å². The third kappa shape index (κ3) is 2.93. The first-order valence-electron chi connectivity index (χ1n) is 3.73. The number of azide groups is 1. The van der Waals surface area contributed by atoms with Crippen LogP contribution >= 0.6 is 11.3 Å². The van der Waals surface area contributed by atoms with E-state index in [1.807, 2.05) is 0 Å². The molecule has 0 aliphatic heterocycles. The summed E-state index contributed by atoms with van der Waals surface area (Å²) in [6.45, 7) is 0.275. The number of carboxylic acid groups (broad SMARTS) is 1. The van der Waals surface area contributed by atoms with Gasteiger partial charge in [-0.15, -0.1) is 11.3 Å². The van der Waals surface area contributed by atoms with Crippen molar-refractivity contribution < 1.29 is 9.90 Å². The Labute approximate surface area is 83.9 Å². The number of carboxylic acids is 1. The third-order valence-electron chi connectivity index (χ3n) is 1.40. The number of hydrogen-bond donors (Lipinski definition) is 1. The van der Waals surface area contributed by atoms with Crippen LogP contribution in [0.25, 0.3) is 16.5 Å². The van der Waals surface area contributed by atoms with Crippen LogP contribution in [0.3, 0.4) is 0 Å². The third-order valence-corrected chi connectivity index (χ3v) is 2.30. The molecular weight excluding hydrogens is 202 g/mol. The largest absolute Gasteiger partial charge is 0.478 e. The quantitative estimate of drug-likeness (QED) is 0.469. The minimum atomic E-state index is -0.934. The number of rotatable bonds is 4. The van der Waals surface area contributed by atoms with Gasteiger partial charge in [0.05, 0.1) is 5.56 Å². The van der Waals surface area contributed by atoms with Gasteiger partial charge in [0.2, 0.25) is 0 Å². The van der Waals surface area contributed by atoms with E-state index in [0.29, 0.717) is 0 Å². The van der Waals surface area contributed by atoms with Gasteiger partial charge in [0.1, 0.15) is 0 Å². The van der Waals surface area contributed by atoms with Gasteiger partial charge in [0.25, 0.3) is 0 Å². The van der Waals surface area contributed by atoms with Gasteiger partial charge in [0.15, 0.2) is 0 Å². The molecule has 0 aliphatic rings. The van der Waals surface area contributed by atoms with E-state index in [-0.39, 0.29) is 12.1 Å². The lowest BCUT2D eigenvalue weighted by atomic mass is 10.3. The number of nitrogens with zero attached hydrogens (tertiary/aromatic N) is 3. The maximum atomic E-state index is 10.5. The predicted octanol–water partition coefficient (Wildman–Crippen LogP) is 2.77. The van der Waals surface area contributed by atoms with Crippen molar-refractivity contribution in [3.8, 4) is 0 Å². The Morgan fingerprint density at radius 3 is 3.14 bits per heavy atom. The molecule has 0 aliphatic carbocycles. The topological polar surface area (TPSA) is 86.1 Å². The summed E-state index contributed by atoms with van der Waals surface area (Å²) in [6.07, 6.45) is 3.41. The molecule has 0 bridgehead atoms. The minimum Gasteiger partial charge on any atom is -0.478 e. The summed E-state index contributed by atoms with van der Waals surface area (Å²) in [4.78, 5) is 13.9. The Hall–Kier alpha value is -1.78. The van der Waals surface area contributed by atoms with Crippen LogP contribution in [0.2, 0.25) is 0 Å². The molecule has 0 unspecified atom stereocenters. The molecule has 1 aromatic heterocycles. The molecule has 1 heterocycles. The van der Waals surface area contributed by atoms with Crippen molar-refractivity contribution in [1.82, 2.24) is 0 Å². The Bertz CT molecular complexity index is 404. The Morgan fingerprint density at radius 1 is 1.79 bits per heavy atom. The summed E-state index contributed by atoms with van der Waals surface area (Å²) in [5.41, 5.74) is 8.27. The van der Waals surface area contributed by atoms with Crippen molar-refractivity contribution in [1.29, 1.82) is 0 Å². The van der Waals surface area contributed by atoms with Crippen LogP contribution in [0.15, 0.2) is 22.6 Å². The van der Waals surface area contributed by atoms with Gasteiger partial charge in [-0.3, -0.25) is 0 Å². The van der Waals surface area contributed by atoms with Crippen LogP contribution < -0.4 is 0 Å². The summed E-state index contributed by atoms with van der Waals surface area (Å²) in [7, 11) is 0. The van der Waals surface area contributed by atoms with E-state index in [1.54, 1.807) is 23.6 Å². The highest BCUT2D eigenvalue weighted by Crippen LogP contribution is 2.15. The molecule has 6 heteroatoms. The molecule has 0 saturated carbocycles. The molecule has 1 rings (SSSR count). The van der Waals surface area contributed by atoms with E-state index in [9.17, 15) is 4.79 Å². The van der Waals surface area contributed by atoms with Crippen molar-refractivity contribution >= 4 is 23.4 Å². The van der Waals surface area contributed by atoms with E-state index in [0.717, 1.165) is 4.88 Å². The maximum Gasteiger partial charge on any atom is 0.336 e. The van der Waals surface area contributed by atoms with Crippen LogP contribution in [0.1, 0.15) is 15.2 Å². The second-order valence-corrected chi connectivity index (χ2v) is 3.30. The zero-order valence-corrected chi connectivity index (χ0v) is 7.94. The van der Waals surface area contributed by atoms with E-state index in [2.05, 4.69) is 10.0 Å². The Kier molecular flexibility index (Phi) is 3.72. The molecular formula is C8H7N3O2S. The van der Waals surface area contributed by atoms with E-state index in [1.165, 1.54) is 11.3 Å². The monoisotopic (exact) mass is 209 g/mol. The average molecular weight is 209 g/mol. The van der Waals surface area contributed by atoms with Crippen molar-refractivity contribution in [2.75, 3.05) is 6.54 Å². The second-order valence-electron chi connectivity index (χ2n) is 2.36. The number of thiophene rings is 1. The minimum absolute atomic E-state index is 0.275. The zero-order valence-electron chi connectivity index (χ0n) is 7.12. The average Bonchev–Trinajstić information content (AvgIpc) is 2.61. The SMILES string of the molecule is [N-]=[N+]=NCC=Cc1cc(C(=O)O)cs1. The van der Waals surface area contributed by atoms with Crippen molar-refractivity contribution in [2.24, 2.45) is 5.11 Å². The Morgan fingerprint density at radius 2 is 2.57 bits per heavy atom. The predicted molar refractivity (Wildman–Crippen MR) is 54.3 cm³/mol. The lowest BCUT2D eigenvalue weighted by Gasteiger charge is -1.82. The molecule has 0 spiro atoms. The highest BCUT2D eigenvalue weighted by molar-refractivity contribution is 7.11. The lowest BCUT2D eigenvalue weighted by Crippen LogP contribution is -1.91. The number of hydrogen-bond acceptors (Lipinski definition) is 3.